The number of hydrogen-bond acceptors (Lipinski definition) is 3. The summed E-state index contributed by atoms with van der Waals surface area (Å²) in [6.07, 6.45) is 1.48. The Hall–Kier alpha value is -2.95. The van der Waals surface area contributed by atoms with E-state index in [0.717, 1.165) is 5.75 Å². The van der Waals surface area contributed by atoms with E-state index in [-0.39, 0.29) is 5.91 Å². The molecule has 0 saturated carbocycles. The molecule has 1 amide bonds. The van der Waals surface area contributed by atoms with Gasteiger partial charge in [-0.1, -0.05) is 18.2 Å². The molecule has 5 nitrogen and oxygen atoms in total. The minimum atomic E-state index is -0.560. The van der Waals surface area contributed by atoms with Gasteiger partial charge in [0.15, 0.2) is 6.10 Å². The molecular formula is C20H22N2O3. The predicted octanol–water partition coefficient (Wildman–Crippen LogP) is 3.23. The molecule has 0 aliphatic rings. The van der Waals surface area contributed by atoms with Crippen LogP contribution >= 0.6 is 0 Å². The minimum Gasteiger partial charge on any atom is -0.497 e. The maximum atomic E-state index is 12.2. The zero-order valence-electron chi connectivity index (χ0n) is 14.4. The van der Waals surface area contributed by atoms with Crippen molar-refractivity contribution in [3.05, 3.63) is 60.8 Å². The smallest absolute Gasteiger partial charge is 0.260 e. The number of aromatic nitrogens is 1. The van der Waals surface area contributed by atoms with Gasteiger partial charge in [-0.2, -0.15) is 0 Å². The van der Waals surface area contributed by atoms with E-state index < -0.39 is 6.10 Å². The van der Waals surface area contributed by atoms with Crippen molar-refractivity contribution in [3.8, 4) is 11.5 Å². The average molecular weight is 338 g/mol. The lowest BCUT2D eigenvalue weighted by molar-refractivity contribution is -0.127. The van der Waals surface area contributed by atoms with Gasteiger partial charge < -0.3 is 19.4 Å². The summed E-state index contributed by atoms with van der Waals surface area (Å²) < 4.78 is 12.9. The zero-order chi connectivity index (χ0) is 17.6. The molecule has 0 saturated heterocycles. The number of hydrogen-bond donors (Lipinski definition) is 1. The molecule has 25 heavy (non-hydrogen) atoms. The molecule has 0 radical (unpaired) electrons. The first-order valence-electron chi connectivity index (χ1n) is 8.29. The molecule has 3 rings (SSSR count). The molecule has 2 aromatic carbocycles. The van der Waals surface area contributed by atoms with E-state index in [1.54, 1.807) is 38.3 Å². The Morgan fingerprint density at radius 1 is 1.08 bits per heavy atom. The fourth-order valence-electron chi connectivity index (χ4n) is 2.69. The first kappa shape index (κ1) is 16.9. The summed E-state index contributed by atoms with van der Waals surface area (Å²) in [4.78, 5) is 12.2. The van der Waals surface area contributed by atoms with E-state index in [4.69, 9.17) is 9.47 Å². The van der Waals surface area contributed by atoms with Crippen molar-refractivity contribution in [2.75, 3.05) is 13.7 Å². The molecule has 0 bridgehead atoms. The number of nitrogens with one attached hydrogen (secondary N) is 1. The molecule has 0 aliphatic heterocycles. The van der Waals surface area contributed by atoms with Crippen LogP contribution in [0.3, 0.4) is 0 Å². The number of ether oxygens (including phenoxy) is 2. The fourth-order valence-corrected chi connectivity index (χ4v) is 2.69. The summed E-state index contributed by atoms with van der Waals surface area (Å²) in [7, 11) is 1.61. The van der Waals surface area contributed by atoms with Gasteiger partial charge >= 0.3 is 0 Å². The summed E-state index contributed by atoms with van der Waals surface area (Å²) in [6.45, 7) is 3.01. The molecule has 0 fully saturated rings. The maximum Gasteiger partial charge on any atom is 0.260 e. The number of para-hydroxylation sites is 1. The van der Waals surface area contributed by atoms with E-state index in [9.17, 15) is 4.79 Å². The van der Waals surface area contributed by atoms with Crippen molar-refractivity contribution in [2.45, 2.75) is 19.6 Å². The molecule has 1 heterocycles. The van der Waals surface area contributed by atoms with Crippen LogP contribution in [0.4, 0.5) is 0 Å². The van der Waals surface area contributed by atoms with E-state index in [2.05, 4.69) is 28.1 Å². The predicted molar refractivity (Wildman–Crippen MR) is 98.0 cm³/mol. The number of benzene rings is 2. The monoisotopic (exact) mass is 338 g/mol. The normalized spacial score (nSPS) is 11.9. The second kappa shape index (κ2) is 7.75. The highest BCUT2D eigenvalue weighted by Crippen LogP contribution is 2.18. The Morgan fingerprint density at radius 2 is 1.80 bits per heavy atom. The summed E-state index contributed by atoms with van der Waals surface area (Å²) in [5.74, 6) is 1.26. The molecule has 1 aromatic heterocycles. The van der Waals surface area contributed by atoms with Crippen LogP contribution in [0.2, 0.25) is 0 Å². The average Bonchev–Trinajstić information content (AvgIpc) is 3.05. The van der Waals surface area contributed by atoms with Crippen molar-refractivity contribution >= 4 is 16.8 Å². The number of rotatable bonds is 7. The highest BCUT2D eigenvalue weighted by Gasteiger charge is 2.14. The first-order valence-corrected chi connectivity index (χ1v) is 8.29. The third-order valence-corrected chi connectivity index (χ3v) is 4.07. The second-order valence-electron chi connectivity index (χ2n) is 5.79. The zero-order valence-corrected chi connectivity index (χ0v) is 14.4. The molecule has 130 valence electrons. The molecule has 0 aliphatic carbocycles. The highest BCUT2D eigenvalue weighted by molar-refractivity contribution is 5.81. The van der Waals surface area contributed by atoms with Gasteiger partial charge in [0.2, 0.25) is 0 Å². The van der Waals surface area contributed by atoms with Gasteiger partial charge in [0.1, 0.15) is 11.5 Å². The quantitative estimate of drug-likeness (QED) is 0.719. The second-order valence-corrected chi connectivity index (χ2v) is 5.79. The van der Waals surface area contributed by atoms with Crippen LogP contribution in [-0.4, -0.2) is 30.2 Å². The largest absolute Gasteiger partial charge is 0.497 e. The van der Waals surface area contributed by atoms with Crippen LogP contribution in [0.15, 0.2) is 60.8 Å². The standard InChI is InChI=1S/C20H22N2O3/c1-15(25-18-9-7-17(24-2)8-10-18)20(23)21-12-14-22-13-11-16-5-3-4-6-19(16)22/h3-11,13,15H,12,14H2,1-2H3,(H,21,23). The van der Waals surface area contributed by atoms with Gasteiger partial charge in [0, 0.05) is 24.8 Å². The van der Waals surface area contributed by atoms with Crippen molar-refractivity contribution in [3.63, 3.8) is 0 Å². The van der Waals surface area contributed by atoms with Gasteiger partial charge in [-0.05, 0) is 48.7 Å². The number of fused-ring (bicyclic) bond motifs is 1. The van der Waals surface area contributed by atoms with Gasteiger partial charge in [0.25, 0.3) is 5.91 Å². The maximum absolute atomic E-state index is 12.2. The topological polar surface area (TPSA) is 52.5 Å². The summed E-state index contributed by atoms with van der Waals surface area (Å²) in [5.41, 5.74) is 1.17. The van der Waals surface area contributed by atoms with Crippen molar-refractivity contribution < 1.29 is 14.3 Å². The first-order chi connectivity index (χ1) is 12.2. The third kappa shape index (κ3) is 4.12. The van der Waals surface area contributed by atoms with Crippen LogP contribution in [0.1, 0.15) is 6.92 Å². The molecule has 0 spiro atoms. The molecule has 5 heteroatoms. The number of amides is 1. The number of methoxy groups -OCH3 is 1. The van der Waals surface area contributed by atoms with Gasteiger partial charge in [-0.25, -0.2) is 0 Å². The van der Waals surface area contributed by atoms with Crippen molar-refractivity contribution in [1.82, 2.24) is 9.88 Å². The Bertz CT molecular complexity index is 840. The lowest BCUT2D eigenvalue weighted by Crippen LogP contribution is -2.37. The van der Waals surface area contributed by atoms with E-state index in [1.807, 2.05) is 18.3 Å². The Labute approximate surface area is 147 Å². The van der Waals surface area contributed by atoms with Gasteiger partial charge in [-0.3, -0.25) is 4.79 Å². The molecular weight excluding hydrogens is 316 g/mol. The number of carbonyl (C=O) groups is 1. The van der Waals surface area contributed by atoms with Gasteiger partial charge in [-0.15, -0.1) is 0 Å². The molecule has 1 N–H and O–H groups in total. The summed E-state index contributed by atoms with van der Waals surface area (Å²) in [6, 6.07) is 17.4. The Balaban J connectivity index is 1.49. The van der Waals surface area contributed by atoms with E-state index >= 15 is 0 Å². The number of carbonyl (C=O) groups excluding carboxylic acids is 1. The molecule has 1 atom stereocenters. The van der Waals surface area contributed by atoms with Crippen LogP contribution < -0.4 is 14.8 Å². The SMILES string of the molecule is COc1ccc(OC(C)C(=O)NCCn2ccc3ccccc32)cc1. The molecule has 1 unspecified atom stereocenters. The van der Waals surface area contributed by atoms with Gasteiger partial charge in [0.05, 0.1) is 7.11 Å². The molecule has 3 aromatic rings. The van der Waals surface area contributed by atoms with Crippen LogP contribution in [0, 0.1) is 0 Å². The van der Waals surface area contributed by atoms with E-state index in [0.29, 0.717) is 18.8 Å². The summed E-state index contributed by atoms with van der Waals surface area (Å²) >= 11 is 0. The van der Waals surface area contributed by atoms with E-state index in [1.165, 1.54) is 10.9 Å². The van der Waals surface area contributed by atoms with Crippen molar-refractivity contribution in [1.29, 1.82) is 0 Å². The van der Waals surface area contributed by atoms with Crippen molar-refractivity contribution in [2.24, 2.45) is 0 Å². The summed E-state index contributed by atoms with van der Waals surface area (Å²) in [5, 5.41) is 4.12. The lowest BCUT2D eigenvalue weighted by atomic mass is 10.2. The lowest BCUT2D eigenvalue weighted by Gasteiger charge is -2.15. The van der Waals surface area contributed by atoms with Crippen LogP contribution in [0.25, 0.3) is 10.9 Å². The minimum absolute atomic E-state index is 0.132. The third-order valence-electron chi connectivity index (χ3n) is 4.07. The number of nitrogens with zero attached hydrogens (tertiary/aromatic N) is 1. The highest BCUT2D eigenvalue weighted by atomic mass is 16.5. The van der Waals surface area contributed by atoms with Crippen LogP contribution in [0.5, 0.6) is 11.5 Å². The Kier molecular flexibility index (Phi) is 5.23. The fraction of sp³-hybridized carbons (Fsp3) is 0.250. The Morgan fingerprint density at radius 3 is 2.56 bits per heavy atom. The van der Waals surface area contributed by atoms with Crippen LogP contribution in [-0.2, 0) is 11.3 Å².